The summed E-state index contributed by atoms with van der Waals surface area (Å²) >= 11 is 11.8. The van der Waals surface area contributed by atoms with Gasteiger partial charge in [-0.25, -0.2) is 0 Å². The number of pyridine rings is 1. The average Bonchev–Trinajstić information content (AvgIpc) is 2.40. The number of nitriles is 1. The Hall–Kier alpha value is -1.17. The number of hydrogen-bond acceptors (Lipinski definition) is 1. The van der Waals surface area contributed by atoms with E-state index >= 15 is 0 Å². The third-order valence-electron chi connectivity index (χ3n) is 2.09. The molecule has 0 aliphatic rings. The Labute approximate surface area is 91.3 Å². The number of nitrogens with zero attached hydrogens (tertiary/aromatic N) is 2. The van der Waals surface area contributed by atoms with Crippen LogP contribution in [0.2, 0.25) is 10.0 Å². The lowest BCUT2D eigenvalue weighted by atomic mass is 10.2. The fourth-order valence-electron chi connectivity index (χ4n) is 1.50. The first-order valence-electron chi connectivity index (χ1n) is 4.00. The molecule has 70 valence electrons. The van der Waals surface area contributed by atoms with Crippen LogP contribution in [0.25, 0.3) is 5.52 Å². The van der Waals surface area contributed by atoms with Gasteiger partial charge in [0.15, 0.2) is 0 Å². The first kappa shape index (κ1) is 9.39. The van der Waals surface area contributed by atoms with Crippen LogP contribution in [0, 0.1) is 18.3 Å². The molecule has 0 saturated carbocycles. The van der Waals surface area contributed by atoms with Crippen LogP contribution in [0.15, 0.2) is 18.5 Å². The standard InChI is InChI=1S/C10H6Cl2N2/c1-6-4-14-5-7(11)2-9(12)10(14)8(6)3-13/h2,4-5H,1H3. The highest BCUT2D eigenvalue weighted by Gasteiger charge is 2.10. The van der Waals surface area contributed by atoms with E-state index in [1.807, 2.05) is 13.1 Å². The first-order valence-corrected chi connectivity index (χ1v) is 4.75. The van der Waals surface area contributed by atoms with Gasteiger partial charge in [0.1, 0.15) is 6.07 Å². The molecule has 0 radical (unpaired) electrons. The molecule has 2 nitrogen and oxygen atoms in total. The molecule has 0 bridgehead atoms. The van der Waals surface area contributed by atoms with Crippen molar-refractivity contribution >= 4 is 28.7 Å². The molecule has 0 amide bonds. The van der Waals surface area contributed by atoms with E-state index in [4.69, 9.17) is 28.5 Å². The predicted molar refractivity (Wildman–Crippen MR) is 56.9 cm³/mol. The fraction of sp³-hybridized carbons (Fsp3) is 0.100. The summed E-state index contributed by atoms with van der Waals surface area (Å²) in [4.78, 5) is 0. The topological polar surface area (TPSA) is 28.2 Å². The summed E-state index contributed by atoms with van der Waals surface area (Å²) in [5.41, 5.74) is 2.22. The molecular weight excluding hydrogens is 219 g/mol. The van der Waals surface area contributed by atoms with E-state index in [2.05, 4.69) is 6.07 Å². The van der Waals surface area contributed by atoms with Gasteiger partial charge >= 0.3 is 0 Å². The van der Waals surface area contributed by atoms with Crippen LogP contribution in [0.1, 0.15) is 11.1 Å². The van der Waals surface area contributed by atoms with Gasteiger partial charge in [0.2, 0.25) is 0 Å². The highest BCUT2D eigenvalue weighted by Crippen LogP contribution is 2.27. The van der Waals surface area contributed by atoms with E-state index in [-0.39, 0.29) is 0 Å². The maximum atomic E-state index is 8.94. The first-order chi connectivity index (χ1) is 6.63. The van der Waals surface area contributed by atoms with Gasteiger partial charge in [-0.05, 0) is 18.6 Å². The van der Waals surface area contributed by atoms with Gasteiger partial charge in [0, 0.05) is 12.4 Å². The van der Waals surface area contributed by atoms with Crippen molar-refractivity contribution in [3.8, 4) is 6.07 Å². The minimum atomic E-state index is 0.502. The maximum Gasteiger partial charge on any atom is 0.102 e. The Balaban J connectivity index is 2.97. The summed E-state index contributed by atoms with van der Waals surface area (Å²) in [5, 5.41) is 10.0. The minimum absolute atomic E-state index is 0.502. The van der Waals surface area contributed by atoms with Crippen molar-refractivity contribution in [1.82, 2.24) is 4.40 Å². The molecule has 0 aliphatic carbocycles. The van der Waals surface area contributed by atoms with Gasteiger partial charge in [0.05, 0.1) is 21.1 Å². The Bertz CT molecular complexity index is 549. The zero-order valence-corrected chi connectivity index (χ0v) is 8.89. The van der Waals surface area contributed by atoms with Gasteiger partial charge in [-0.1, -0.05) is 23.2 Å². The second kappa shape index (κ2) is 3.20. The lowest BCUT2D eigenvalue weighted by Crippen LogP contribution is -1.83. The van der Waals surface area contributed by atoms with Gasteiger partial charge in [-0.3, -0.25) is 0 Å². The maximum absolute atomic E-state index is 8.94. The summed E-state index contributed by atoms with van der Waals surface area (Å²) in [6, 6.07) is 3.77. The van der Waals surface area contributed by atoms with Crippen LogP contribution in [0.4, 0.5) is 0 Å². The Morgan fingerprint density at radius 2 is 2.07 bits per heavy atom. The number of aryl methyl sites for hydroxylation is 1. The Morgan fingerprint density at radius 3 is 2.71 bits per heavy atom. The molecule has 0 aliphatic heterocycles. The molecular formula is C10H6Cl2N2. The highest BCUT2D eigenvalue weighted by molar-refractivity contribution is 6.37. The predicted octanol–water partition coefficient (Wildman–Crippen LogP) is 3.43. The molecule has 14 heavy (non-hydrogen) atoms. The van der Waals surface area contributed by atoms with Crippen molar-refractivity contribution in [1.29, 1.82) is 5.26 Å². The van der Waals surface area contributed by atoms with E-state index in [0.29, 0.717) is 15.6 Å². The largest absolute Gasteiger partial charge is 0.320 e. The van der Waals surface area contributed by atoms with Crippen molar-refractivity contribution in [2.24, 2.45) is 0 Å². The van der Waals surface area contributed by atoms with Crippen LogP contribution < -0.4 is 0 Å². The van der Waals surface area contributed by atoms with E-state index in [1.165, 1.54) is 0 Å². The molecule has 2 heterocycles. The van der Waals surface area contributed by atoms with E-state index < -0.39 is 0 Å². The third-order valence-corrected chi connectivity index (χ3v) is 2.58. The van der Waals surface area contributed by atoms with Crippen LogP contribution in [0.5, 0.6) is 0 Å². The van der Waals surface area contributed by atoms with Crippen LogP contribution in [-0.4, -0.2) is 4.40 Å². The van der Waals surface area contributed by atoms with E-state index in [0.717, 1.165) is 11.1 Å². The number of rotatable bonds is 0. The van der Waals surface area contributed by atoms with Crippen molar-refractivity contribution in [2.45, 2.75) is 6.92 Å². The smallest absolute Gasteiger partial charge is 0.102 e. The quantitative estimate of drug-likeness (QED) is 0.675. The third kappa shape index (κ3) is 1.26. The van der Waals surface area contributed by atoms with Gasteiger partial charge < -0.3 is 4.40 Å². The van der Waals surface area contributed by atoms with Crippen molar-refractivity contribution in [3.63, 3.8) is 0 Å². The molecule has 2 aromatic heterocycles. The van der Waals surface area contributed by atoms with Crippen LogP contribution in [0.3, 0.4) is 0 Å². The molecule has 0 spiro atoms. The summed E-state index contributed by atoms with van der Waals surface area (Å²) in [7, 11) is 0. The molecule has 2 aromatic rings. The second-order valence-corrected chi connectivity index (χ2v) is 3.90. The normalized spacial score (nSPS) is 10.4. The van der Waals surface area contributed by atoms with E-state index in [9.17, 15) is 0 Å². The fourth-order valence-corrected chi connectivity index (χ4v) is 2.08. The van der Waals surface area contributed by atoms with Crippen molar-refractivity contribution in [2.75, 3.05) is 0 Å². The molecule has 4 heteroatoms. The monoisotopic (exact) mass is 224 g/mol. The van der Waals surface area contributed by atoms with Crippen molar-refractivity contribution < 1.29 is 0 Å². The SMILES string of the molecule is Cc1cn2cc(Cl)cc(Cl)c2c1C#N. The molecule has 0 aromatic carbocycles. The Kier molecular flexibility index (Phi) is 2.14. The summed E-state index contributed by atoms with van der Waals surface area (Å²) in [5.74, 6) is 0. The summed E-state index contributed by atoms with van der Waals surface area (Å²) in [6.07, 6.45) is 3.57. The molecule has 0 N–H and O–H groups in total. The number of fused-ring (bicyclic) bond motifs is 1. The van der Waals surface area contributed by atoms with Crippen molar-refractivity contribution in [3.05, 3.63) is 39.6 Å². The second-order valence-electron chi connectivity index (χ2n) is 3.06. The van der Waals surface area contributed by atoms with Crippen LogP contribution in [-0.2, 0) is 0 Å². The lowest BCUT2D eigenvalue weighted by Gasteiger charge is -1.98. The van der Waals surface area contributed by atoms with Crippen LogP contribution >= 0.6 is 23.2 Å². The Morgan fingerprint density at radius 1 is 1.36 bits per heavy atom. The minimum Gasteiger partial charge on any atom is -0.320 e. The van der Waals surface area contributed by atoms with Gasteiger partial charge in [-0.15, -0.1) is 0 Å². The zero-order chi connectivity index (χ0) is 10.3. The molecule has 2 rings (SSSR count). The molecule has 0 atom stereocenters. The van der Waals surface area contributed by atoms with Gasteiger partial charge in [0.25, 0.3) is 0 Å². The summed E-state index contributed by atoms with van der Waals surface area (Å²) in [6.45, 7) is 1.87. The molecule has 0 fully saturated rings. The van der Waals surface area contributed by atoms with Gasteiger partial charge in [-0.2, -0.15) is 5.26 Å². The van der Waals surface area contributed by atoms with E-state index in [1.54, 1.807) is 16.7 Å². The zero-order valence-electron chi connectivity index (χ0n) is 7.38. The highest BCUT2D eigenvalue weighted by atomic mass is 35.5. The molecule has 0 saturated heterocycles. The molecule has 0 unspecified atom stereocenters. The average molecular weight is 225 g/mol. The number of aromatic nitrogens is 1. The summed E-state index contributed by atoms with van der Waals surface area (Å²) < 4.78 is 1.78. The number of halogens is 2. The lowest BCUT2D eigenvalue weighted by molar-refractivity contribution is 1.19. The number of hydrogen-bond donors (Lipinski definition) is 0.